The lowest BCUT2D eigenvalue weighted by molar-refractivity contribution is -0.137. The number of hydrogen-bond donors (Lipinski definition) is 3. The van der Waals surface area contributed by atoms with Crippen molar-refractivity contribution in [3.63, 3.8) is 0 Å². The molecule has 0 radical (unpaired) electrons. The summed E-state index contributed by atoms with van der Waals surface area (Å²) in [7, 11) is 3.13. The lowest BCUT2D eigenvalue weighted by Gasteiger charge is -2.14. The van der Waals surface area contributed by atoms with Gasteiger partial charge in [-0.2, -0.15) is 18.2 Å². The van der Waals surface area contributed by atoms with Crippen LogP contribution in [0.5, 0.6) is 0 Å². The maximum atomic E-state index is 12.8. The van der Waals surface area contributed by atoms with Gasteiger partial charge in [0.1, 0.15) is 11.4 Å². The summed E-state index contributed by atoms with van der Waals surface area (Å²) in [6, 6.07) is 3.47. The van der Waals surface area contributed by atoms with E-state index in [1.807, 2.05) is 6.92 Å². The molecule has 0 aliphatic rings. The molecule has 3 N–H and O–H groups in total. The van der Waals surface area contributed by atoms with Crippen LogP contribution < -0.4 is 16.0 Å². The Morgan fingerprint density at radius 1 is 1.09 bits per heavy atom. The van der Waals surface area contributed by atoms with Gasteiger partial charge in [0.25, 0.3) is 0 Å². The van der Waals surface area contributed by atoms with E-state index in [0.29, 0.717) is 10.7 Å². The van der Waals surface area contributed by atoms with Gasteiger partial charge in [-0.05, 0) is 24.6 Å². The fraction of sp³-hybridized carbons (Fsp3) is 0.286. The third-order valence-corrected chi connectivity index (χ3v) is 3.47. The average Bonchev–Trinajstić information content (AvgIpc) is 2.49. The first-order valence-electron chi connectivity index (χ1n) is 6.63. The molecule has 2 rings (SSSR count). The van der Waals surface area contributed by atoms with Crippen molar-refractivity contribution in [2.24, 2.45) is 0 Å². The third kappa shape index (κ3) is 3.76. The van der Waals surface area contributed by atoms with Gasteiger partial charge in [0.2, 0.25) is 5.95 Å². The van der Waals surface area contributed by atoms with Crippen LogP contribution in [0.3, 0.4) is 0 Å². The first kappa shape index (κ1) is 17.1. The largest absolute Gasteiger partial charge is 0.421 e. The van der Waals surface area contributed by atoms with Crippen molar-refractivity contribution in [1.29, 1.82) is 0 Å². The molecule has 0 bridgehead atoms. The molecule has 1 heterocycles. The van der Waals surface area contributed by atoms with Crippen LogP contribution >= 0.6 is 11.6 Å². The molecular weight excluding hydrogens is 331 g/mol. The normalized spacial score (nSPS) is 11.3. The topological polar surface area (TPSA) is 61.9 Å². The lowest BCUT2D eigenvalue weighted by Crippen LogP contribution is -2.12. The summed E-state index contributed by atoms with van der Waals surface area (Å²) >= 11 is 6.15. The summed E-state index contributed by atoms with van der Waals surface area (Å²) in [6.45, 7) is 1.87. The zero-order valence-electron chi connectivity index (χ0n) is 12.6. The van der Waals surface area contributed by atoms with Crippen molar-refractivity contribution in [3.05, 3.63) is 34.5 Å². The summed E-state index contributed by atoms with van der Waals surface area (Å²) in [6.07, 6.45) is -3.80. The van der Waals surface area contributed by atoms with E-state index >= 15 is 0 Å². The highest BCUT2D eigenvalue weighted by Crippen LogP contribution is 2.35. The van der Waals surface area contributed by atoms with E-state index in [9.17, 15) is 13.2 Å². The van der Waals surface area contributed by atoms with Gasteiger partial charge in [0.05, 0.1) is 10.7 Å². The highest BCUT2D eigenvalue weighted by atomic mass is 35.5. The van der Waals surface area contributed by atoms with Gasteiger partial charge in [-0.3, -0.25) is 0 Å². The summed E-state index contributed by atoms with van der Waals surface area (Å²) < 4.78 is 38.5. The maximum Gasteiger partial charge on any atom is 0.421 e. The van der Waals surface area contributed by atoms with E-state index in [0.717, 1.165) is 17.4 Å². The van der Waals surface area contributed by atoms with E-state index < -0.39 is 11.7 Å². The predicted molar refractivity (Wildman–Crippen MR) is 85.6 cm³/mol. The number of halogens is 4. The quantitative estimate of drug-likeness (QED) is 0.772. The van der Waals surface area contributed by atoms with Gasteiger partial charge in [-0.25, -0.2) is 4.98 Å². The van der Waals surface area contributed by atoms with E-state index in [-0.39, 0.29) is 11.8 Å². The number of rotatable bonds is 4. The zero-order valence-corrected chi connectivity index (χ0v) is 13.4. The molecule has 1 aromatic carbocycles. The van der Waals surface area contributed by atoms with Crippen molar-refractivity contribution in [3.8, 4) is 0 Å². The standard InChI is InChI=1S/C14H15ClF3N5/c1-7-4-11(9(15)5-10(7)19-2)22-13-21-6-8(14(16,17)18)12(20-3)23-13/h4-6,19H,1-3H3,(H2,20,21,22,23). The highest BCUT2D eigenvalue weighted by Gasteiger charge is 2.35. The monoisotopic (exact) mass is 345 g/mol. The molecule has 0 unspecified atom stereocenters. The highest BCUT2D eigenvalue weighted by molar-refractivity contribution is 6.33. The molecule has 0 atom stereocenters. The summed E-state index contributed by atoms with van der Waals surface area (Å²) in [5.41, 5.74) is 1.34. The van der Waals surface area contributed by atoms with Crippen LogP contribution in [0.1, 0.15) is 11.1 Å². The Labute approximate surface area is 136 Å². The smallest absolute Gasteiger partial charge is 0.388 e. The number of nitrogens with one attached hydrogen (secondary N) is 3. The molecule has 0 saturated heterocycles. The van der Waals surface area contributed by atoms with Gasteiger partial charge in [0.15, 0.2) is 0 Å². The molecule has 0 aliphatic carbocycles. The first-order valence-corrected chi connectivity index (χ1v) is 7.01. The van der Waals surface area contributed by atoms with Gasteiger partial charge >= 0.3 is 6.18 Å². The van der Waals surface area contributed by atoms with E-state index in [4.69, 9.17) is 11.6 Å². The van der Waals surface area contributed by atoms with Gasteiger partial charge in [0, 0.05) is 26.0 Å². The lowest BCUT2D eigenvalue weighted by atomic mass is 10.2. The Balaban J connectivity index is 2.36. The molecule has 0 spiro atoms. The number of anilines is 4. The second kappa shape index (κ2) is 6.49. The molecular formula is C14H15ClF3N5. The van der Waals surface area contributed by atoms with Crippen LogP contribution in [0.25, 0.3) is 0 Å². The second-order valence-corrected chi connectivity index (χ2v) is 5.13. The van der Waals surface area contributed by atoms with Crippen LogP contribution in [-0.2, 0) is 6.18 Å². The molecule has 0 fully saturated rings. The minimum absolute atomic E-state index is 0.0147. The fourth-order valence-electron chi connectivity index (χ4n) is 2.01. The molecule has 5 nitrogen and oxygen atoms in total. The summed E-state index contributed by atoms with van der Waals surface area (Å²) in [5, 5.41) is 8.64. The Morgan fingerprint density at radius 3 is 2.35 bits per heavy atom. The minimum Gasteiger partial charge on any atom is -0.388 e. The van der Waals surface area contributed by atoms with Crippen molar-refractivity contribution >= 4 is 34.7 Å². The van der Waals surface area contributed by atoms with E-state index in [2.05, 4.69) is 25.9 Å². The Morgan fingerprint density at radius 2 is 1.78 bits per heavy atom. The minimum atomic E-state index is -4.53. The summed E-state index contributed by atoms with van der Waals surface area (Å²) in [5.74, 6) is -0.296. The number of alkyl halides is 3. The van der Waals surface area contributed by atoms with Crippen molar-refractivity contribution in [2.75, 3.05) is 30.0 Å². The van der Waals surface area contributed by atoms with E-state index in [1.165, 1.54) is 7.05 Å². The summed E-state index contributed by atoms with van der Waals surface area (Å²) in [4.78, 5) is 7.54. The van der Waals surface area contributed by atoms with Crippen molar-refractivity contribution in [2.45, 2.75) is 13.1 Å². The Bertz CT molecular complexity index is 718. The first-order chi connectivity index (χ1) is 10.8. The molecule has 2 aromatic rings. The van der Waals surface area contributed by atoms with E-state index in [1.54, 1.807) is 19.2 Å². The molecule has 0 saturated carbocycles. The van der Waals surface area contributed by atoms with Crippen LogP contribution in [0, 0.1) is 6.92 Å². The predicted octanol–water partition coefficient (Wildman–Crippen LogP) is 4.28. The van der Waals surface area contributed by atoms with Gasteiger partial charge in [-0.1, -0.05) is 11.6 Å². The third-order valence-electron chi connectivity index (χ3n) is 3.16. The molecule has 0 aliphatic heterocycles. The number of benzene rings is 1. The maximum absolute atomic E-state index is 12.8. The van der Waals surface area contributed by atoms with Crippen LogP contribution in [0.15, 0.2) is 18.3 Å². The SMILES string of the molecule is CNc1cc(Cl)c(Nc2ncc(C(F)(F)F)c(NC)n2)cc1C. The average molecular weight is 346 g/mol. The molecule has 124 valence electrons. The van der Waals surface area contributed by atoms with Gasteiger partial charge in [-0.15, -0.1) is 0 Å². The van der Waals surface area contributed by atoms with Crippen LogP contribution in [-0.4, -0.2) is 24.1 Å². The molecule has 1 aromatic heterocycles. The number of nitrogens with zero attached hydrogens (tertiary/aromatic N) is 2. The fourth-order valence-corrected chi connectivity index (χ4v) is 2.22. The Kier molecular flexibility index (Phi) is 4.84. The van der Waals surface area contributed by atoms with Crippen molar-refractivity contribution < 1.29 is 13.2 Å². The van der Waals surface area contributed by atoms with Crippen LogP contribution in [0.2, 0.25) is 5.02 Å². The molecule has 9 heteroatoms. The van der Waals surface area contributed by atoms with Gasteiger partial charge < -0.3 is 16.0 Å². The number of aryl methyl sites for hydroxylation is 1. The number of hydrogen-bond acceptors (Lipinski definition) is 5. The molecule has 23 heavy (non-hydrogen) atoms. The molecule has 0 amide bonds. The second-order valence-electron chi connectivity index (χ2n) is 4.73. The Hall–Kier alpha value is -2.22. The van der Waals surface area contributed by atoms with Crippen molar-refractivity contribution in [1.82, 2.24) is 9.97 Å². The van der Waals surface area contributed by atoms with Crippen LogP contribution in [0.4, 0.5) is 36.3 Å². The number of aromatic nitrogens is 2. The zero-order chi connectivity index (χ0) is 17.2.